The first-order valence-corrected chi connectivity index (χ1v) is 21.0. The third kappa shape index (κ3) is 5.26. The van der Waals surface area contributed by atoms with E-state index in [1.54, 1.807) is 0 Å². The van der Waals surface area contributed by atoms with Crippen molar-refractivity contribution < 1.29 is 34.1 Å². The van der Waals surface area contributed by atoms with Crippen molar-refractivity contribution in [2.75, 3.05) is 6.54 Å². The highest BCUT2D eigenvalue weighted by atomic mass is 16.5. The number of hydrogen-bond acceptors (Lipinski definition) is 7. The second kappa shape index (κ2) is 12.4. The molecule has 0 aromatic rings. The van der Waals surface area contributed by atoms with Crippen molar-refractivity contribution in [2.45, 2.75) is 164 Å². The van der Waals surface area contributed by atoms with Crippen molar-refractivity contribution in [3.05, 3.63) is 11.1 Å². The molecular weight excluding hydrogens is 668 g/mol. The molecule has 9 heteroatoms. The third-order valence-electron chi connectivity index (χ3n) is 18.3. The second-order valence-electron chi connectivity index (χ2n) is 21.4. The molecule has 0 aliphatic heterocycles. The summed E-state index contributed by atoms with van der Waals surface area (Å²) in [7, 11) is 0. The summed E-state index contributed by atoms with van der Waals surface area (Å²) in [5, 5.41) is 24.7. The predicted molar refractivity (Wildman–Crippen MR) is 202 cm³/mol. The summed E-state index contributed by atoms with van der Waals surface area (Å²) < 4.78 is 6.40. The summed E-state index contributed by atoms with van der Waals surface area (Å²) in [4.78, 5) is 52.4. The summed E-state index contributed by atoms with van der Waals surface area (Å²) >= 11 is 0. The standard InChI is InChI=1S/C44H68N2O7/c1-24(2)33-28(47)22-43(31(48)23-46-37(52)44(45)15-10-16-44)20-19-41(8)25(34(33)43)11-12-30-40(7)17-14-32(39(5,6)29(40)13-18-42(30,41)9)53-36(51)27-21-26(35(49)50)38(27,3)4/h24-27,29-32,48H,10-23,45H2,1-9H3,(H,46,52)(H,49,50)/t25-,26+,27-,29+,30-,31+,32+,40+,41-,42-,43+/m1/s1. The van der Waals surface area contributed by atoms with Gasteiger partial charge in [-0.25, -0.2) is 0 Å². The quantitative estimate of drug-likeness (QED) is 0.195. The van der Waals surface area contributed by atoms with E-state index >= 15 is 0 Å². The molecule has 0 aromatic heterocycles. The maximum Gasteiger partial charge on any atom is 0.309 e. The lowest BCUT2D eigenvalue weighted by Crippen LogP contribution is -2.66. The van der Waals surface area contributed by atoms with Crippen LogP contribution >= 0.6 is 0 Å². The zero-order valence-corrected chi connectivity index (χ0v) is 34.0. The summed E-state index contributed by atoms with van der Waals surface area (Å²) in [5.41, 5.74) is 6.12. The van der Waals surface area contributed by atoms with E-state index in [9.17, 15) is 29.4 Å². The molecule has 7 rings (SSSR count). The van der Waals surface area contributed by atoms with Gasteiger partial charge in [0.05, 0.1) is 23.5 Å². The van der Waals surface area contributed by atoms with E-state index in [1.807, 2.05) is 13.8 Å². The van der Waals surface area contributed by atoms with Crippen molar-refractivity contribution in [2.24, 2.45) is 73.7 Å². The monoisotopic (exact) mass is 737 g/mol. The molecule has 11 atom stereocenters. The zero-order valence-electron chi connectivity index (χ0n) is 34.0. The minimum absolute atomic E-state index is 0.0186. The van der Waals surface area contributed by atoms with Crippen LogP contribution in [-0.2, 0) is 23.9 Å². The van der Waals surface area contributed by atoms with Crippen LogP contribution in [0.2, 0.25) is 0 Å². The lowest BCUT2D eigenvalue weighted by molar-refractivity contribution is -0.238. The molecular formula is C44H68N2O7. The number of carboxylic acid groups (broad SMARTS) is 1. The predicted octanol–water partition coefficient (Wildman–Crippen LogP) is 6.98. The number of carbonyl (C=O) groups excluding carboxylic acids is 3. The van der Waals surface area contributed by atoms with Gasteiger partial charge in [0.25, 0.3) is 0 Å². The molecule has 6 fully saturated rings. The van der Waals surface area contributed by atoms with Gasteiger partial charge in [0.15, 0.2) is 5.78 Å². The Morgan fingerprint density at radius 3 is 2.11 bits per heavy atom. The fraction of sp³-hybridized carbons (Fsp3) is 0.864. The van der Waals surface area contributed by atoms with Crippen molar-refractivity contribution >= 4 is 23.6 Å². The maximum atomic E-state index is 14.0. The molecule has 53 heavy (non-hydrogen) atoms. The molecule has 5 N–H and O–H groups in total. The maximum absolute atomic E-state index is 14.0. The number of hydrogen-bond donors (Lipinski definition) is 4. The average molecular weight is 737 g/mol. The van der Waals surface area contributed by atoms with Gasteiger partial charge >= 0.3 is 11.9 Å². The summed E-state index contributed by atoms with van der Waals surface area (Å²) in [5.74, 6) is -0.927. The van der Waals surface area contributed by atoms with Gasteiger partial charge in [-0.1, -0.05) is 67.9 Å². The Balaban J connectivity index is 1.14. The Morgan fingerprint density at radius 2 is 1.53 bits per heavy atom. The van der Waals surface area contributed by atoms with E-state index in [2.05, 4.69) is 53.8 Å². The number of ether oxygens (including phenoxy) is 1. The van der Waals surface area contributed by atoms with E-state index in [-0.39, 0.29) is 63.8 Å². The van der Waals surface area contributed by atoms with Gasteiger partial charge < -0.3 is 26.0 Å². The number of Topliss-reactive ketones (excluding diaryl/α,β-unsaturated/α-hetero) is 1. The van der Waals surface area contributed by atoms with E-state index in [1.165, 1.54) is 5.57 Å². The number of carboxylic acids is 1. The number of nitrogens with one attached hydrogen (secondary N) is 1. The van der Waals surface area contributed by atoms with Crippen LogP contribution in [0.1, 0.15) is 146 Å². The van der Waals surface area contributed by atoms with Gasteiger partial charge in [-0.15, -0.1) is 0 Å². The van der Waals surface area contributed by atoms with E-state index < -0.39 is 40.3 Å². The molecule has 6 saturated carbocycles. The van der Waals surface area contributed by atoms with Gasteiger partial charge in [0, 0.05) is 23.8 Å². The number of fused-ring (bicyclic) bond motifs is 7. The number of amides is 1. The second-order valence-corrected chi connectivity index (χ2v) is 21.4. The number of aliphatic carboxylic acids is 1. The summed E-state index contributed by atoms with van der Waals surface area (Å²) in [6, 6.07) is 0. The van der Waals surface area contributed by atoms with Crippen LogP contribution in [0.25, 0.3) is 0 Å². The largest absolute Gasteiger partial charge is 0.481 e. The van der Waals surface area contributed by atoms with E-state index in [0.29, 0.717) is 37.5 Å². The van der Waals surface area contributed by atoms with Crippen molar-refractivity contribution in [1.29, 1.82) is 0 Å². The third-order valence-corrected chi connectivity index (χ3v) is 18.3. The molecule has 0 saturated heterocycles. The first-order valence-electron chi connectivity index (χ1n) is 21.0. The van der Waals surface area contributed by atoms with E-state index in [0.717, 1.165) is 63.4 Å². The first kappa shape index (κ1) is 39.0. The Labute approximate surface area is 317 Å². The van der Waals surface area contributed by atoms with Crippen LogP contribution in [0.5, 0.6) is 0 Å². The zero-order chi connectivity index (χ0) is 38.9. The van der Waals surface area contributed by atoms with Gasteiger partial charge in [-0.05, 0) is 128 Å². The number of carbonyl (C=O) groups is 4. The van der Waals surface area contributed by atoms with Crippen LogP contribution in [0.4, 0.5) is 0 Å². The number of nitrogens with two attached hydrogens (primary N) is 1. The molecule has 7 aliphatic carbocycles. The van der Waals surface area contributed by atoms with Gasteiger partial charge in [0.2, 0.25) is 5.91 Å². The molecule has 0 bridgehead atoms. The summed E-state index contributed by atoms with van der Waals surface area (Å²) in [6.45, 7) is 20.3. The fourth-order valence-electron chi connectivity index (χ4n) is 14.6. The highest BCUT2D eigenvalue weighted by Gasteiger charge is 2.71. The average Bonchev–Trinajstić information content (AvgIpc) is 3.36. The highest BCUT2D eigenvalue weighted by Crippen LogP contribution is 2.77. The van der Waals surface area contributed by atoms with Gasteiger partial charge in [-0.3, -0.25) is 19.2 Å². The van der Waals surface area contributed by atoms with Crippen LogP contribution < -0.4 is 11.1 Å². The van der Waals surface area contributed by atoms with Gasteiger partial charge in [0.1, 0.15) is 6.10 Å². The molecule has 0 heterocycles. The minimum Gasteiger partial charge on any atom is -0.481 e. The number of esters is 1. The topological polar surface area (TPSA) is 156 Å². The highest BCUT2D eigenvalue weighted by molar-refractivity contribution is 6.01. The molecule has 7 aliphatic rings. The summed E-state index contributed by atoms with van der Waals surface area (Å²) in [6.07, 6.45) is 9.45. The molecule has 0 spiro atoms. The lowest BCUT2D eigenvalue weighted by atomic mass is 9.33. The van der Waals surface area contributed by atoms with Crippen LogP contribution in [0, 0.1) is 68.0 Å². The molecule has 0 radical (unpaired) electrons. The van der Waals surface area contributed by atoms with Crippen molar-refractivity contribution in [3.63, 3.8) is 0 Å². The smallest absolute Gasteiger partial charge is 0.309 e. The SMILES string of the molecule is CC(C)C1=C2[C@H]3CC[C@@H]4[C@@]5(C)CC[C@H](OC(=O)[C@H]6C[C@@H](C(=O)O)C6(C)C)C(C)(C)[C@@H]5CC[C@@]4(C)[C@]3(C)CC[C@@]2([C@@H](O)CNC(=O)C2(N)CCC2)CC1=O. The number of rotatable bonds is 8. The van der Waals surface area contributed by atoms with Crippen molar-refractivity contribution in [1.82, 2.24) is 5.32 Å². The number of allylic oxidation sites excluding steroid dienone is 1. The minimum atomic E-state index is -0.854. The van der Waals surface area contributed by atoms with Crippen LogP contribution in [0.3, 0.4) is 0 Å². The lowest BCUT2D eigenvalue weighted by Gasteiger charge is -2.72. The Morgan fingerprint density at radius 1 is 0.849 bits per heavy atom. The number of aliphatic hydroxyl groups excluding tert-OH is 1. The van der Waals surface area contributed by atoms with Crippen LogP contribution in [-0.4, -0.2) is 58.1 Å². The molecule has 296 valence electrons. The van der Waals surface area contributed by atoms with E-state index in [4.69, 9.17) is 10.5 Å². The van der Waals surface area contributed by atoms with Crippen LogP contribution in [0.15, 0.2) is 11.1 Å². The number of ketones is 1. The first-order chi connectivity index (χ1) is 24.5. The molecule has 0 aromatic carbocycles. The molecule has 9 nitrogen and oxygen atoms in total. The van der Waals surface area contributed by atoms with Gasteiger partial charge in [-0.2, -0.15) is 0 Å². The normalized spacial score (nSPS) is 44.0. The Bertz CT molecular complexity index is 1610. The Kier molecular flexibility index (Phi) is 9.10. The molecule has 1 amide bonds. The molecule has 0 unspecified atom stereocenters. The fourth-order valence-corrected chi connectivity index (χ4v) is 14.6. The van der Waals surface area contributed by atoms with Crippen molar-refractivity contribution in [3.8, 4) is 0 Å². The number of aliphatic hydroxyl groups is 1. The Hall–Kier alpha value is -2.26.